The average Bonchev–Trinajstić information content (AvgIpc) is 3.39. The maximum Gasteiger partial charge on any atom is 0.381 e. The second-order valence-electron chi connectivity index (χ2n) is 9.41. The van der Waals surface area contributed by atoms with Crippen LogP contribution in [-0.4, -0.2) is 67.0 Å². The van der Waals surface area contributed by atoms with Gasteiger partial charge >= 0.3 is 11.8 Å². The maximum atomic E-state index is 15.3. The molecule has 0 spiro atoms. The molecule has 2 aliphatic rings. The molecule has 196 valence electrons. The van der Waals surface area contributed by atoms with E-state index in [-0.39, 0.29) is 47.1 Å². The van der Waals surface area contributed by atoms with Crippen LogP contribution in [0.1, 0.15) is 35.7 Å². The standard InChI is InChI=1S/C23H24ClFN6O6/c24-19-20-15(22(33)16(23(34)35)9-30(20)13-1-2-13)5-17(25)21(19)29-4-3-12(7-29)26-6-14(32)8-28-10-18(27-11-28)31(36)37/h5,9-14,26,32H,1-4,6-8H2,(H,34,35). The van der Waals surface area contributed by atoms with Crippen molar-refractivity contribution in [2.45, 2.75) is 44.0 Å². The quantitative estimate of drug-likeness (QED) is 0.276. The third-order valence-corrected chi connectivity index (χ3v) is 7.09. The van der Waals surface area contributed by atoms with Gasteiger partial charge in [0, 0.05) is 37.9 Å². The molecule has 14 heteroatoms. The summed E-state index contributed by atoms with van der Waals surface area (Å²) < 4.78 is 18.4. The van der Waals surface area contributed by atoms with Crippen LogP contribution in [-0.2, 0) is 6.54 Å². The Labute approximate surface area is 214 Å². The second kappa shape index (κ2) is 9.72. The van der Waals surface area contributed by atoms with Crippen LogP contribution in [0.3, 0.4) is 0 Å². The topological polar surface area (TPSA) is 156 Å². The van der Waals surface area contributed by atoms with Crippen molar-refractivity contribution in [1.82, 2.24) is 19.4 Å². The number of nitrogens with zero attached hydrogens (tertiary/aromatic N) is 5. The molecule has 1 saturated heterocycles. The minimum Gasteiger partial charge on any atom is -0.477 e. The Bertz CT molecular complexity index is 1450. The van der Waals surface area contributed by atoms with E-state index in [1.807, 2.05) is 0 Å². The number of halogens is 2. The van der Waals surface area contributed by atoms with Gasteiger partial charge in [0.15, 0.2) is 0 Å². The van der Waals surface area contributed by atoms with Crippen molar-refractivity contribution in [2.75, 3.05) is 24.5 Å². The summed E-state index contributed by atoms with van der Waals surface area (Å²) in [7, 11) is 0. The zero-order chi connectivity index (χ0) is 26.4. The molecular formula is C23H24ClFN6O6. The van der Waals surface area contributed by atoms with Gasteiger partial charge in [-0.2, -0.15) is 0 Å². The molecule has 1 aliphatic carbocycles. The van der Waals surface area contributed by atoms with Gasteiger partial charge in [0.05, 0.1) is 34.3 Å². The van der Waals surface area contributed by atoms with Crippen LogP contribution in [0.5, 0.6) is 0 Å². The van der Waals surface area contributed by atoms with E-state index in [1.54, 1.807) is 9.47 Å². The highest BCUT2D eigenvalue weighted by Gasteiger charge is 2.32. The minimum absolute atomic E-state index is 0.00317. The van der Waals surface area contributed by atoms with Crippen molar-refractivity contribution in [2.24, 2.45) is 0 Å². The number of pyridine rings is 1. The number of nitrogens with one attached hydrogen (secondary N) is 1. The lowest BCUT2D eigenvalue weighted by Gasteiger charge is -2.24. The lowest BCUT2D eigenvalue weighted by Crippen LogP contribution is -2.39. The highest BCUT2D eigenvalue weighted by Crippen LogP contribution is 2.42. The van der Waals surface area contributed by atoms with Crippen LogP contribution in [0.2, 0.25) is 5.02 Å². The number of aliphatic hydroxyl groups excluding tert-OH is 1. The Morgan fingerprint density at radius 1 is 1.35 bits per heavy atom. The summed E-state index contributed by atoms with van der Waals surface area (Å²) in [6.07, 6.45) is 5.25. The van der Waals surface area contributed by atoms with Gasteiger partial charge < -0.3 is 39.7 Å². The van der Waals surface area contributed by atoms with Crippen molar-refractivity contribution in [3.05, 3.63) is 61.5 Å². The molecule has 2 fully saturated rings. The molecule has 5 rings (SSSR count). The van der Waals surface area contributed by atoms with E-state index in [1.165, 1.54) is 23.3 Å². The molecule has 2 aromatic heterocycles. The highest BCUT2D eigenvalue weighted by molar-refractivity contribution is 6.38. The first-order chi connectivity index (χ1) is 17.6. The number of carboxylic acids is 1. The normalized spacial score (nSPS) is 18.5. The summed E-state index contributed by atoms with van der Waals surface area (Å²) in [5.74, 6) is -2.38. The lowest BCUT2D eigenvalue weighted by molar-refractivity contribution is -0.389. The van der Waals surface area contributed by atoms with Crippen molar-refractivity contribution in [1.29, 1.82) is 0 Å². The van der Waals surface area contributed by atoms with E-state index in [0.29, 0.717) is 25.0 Å². The van der Waals surface area contributed by atoms with Crippen molar-refractivity contribution >= 4 is 40.0 Å². The van der Waals surface area contributed by atoms with Crippen molar-refractivity contribution in [3.63, 3.8) is 0 Å². The predicted octanol–water partition coefficient (Wildman–Crippen LogP) is 2.16. The Morgan fingerprint density at radius 2 is 2.11 bits per heavy atom. The van der Waals surface area contributed by atoms with Crippen LogP contribution in [0, 0.1) is 15.9 Å². The number of imidazole rings is 1. The molecule has 1 saturated carbocycles. The summed E-state index contributed by atoms with van der Waals surface area (Å²) in [5, 5.41) is 33.8. The summed E-state index contributed by atoms with van der Waals surface area (Å²) in [6.45, 7) is 1.20. The monoisotopic (exact) mass is 534 g/mol. The largest absolute Gasteiger partial charge is 0.477 e. The first-order valence-corrected chi connectivity index (χ1v) is 12.1. The molecule has 3 aromatic rings. The molecule has 0 amide bonds. The number of aromatic carboxylic acids is 1. The molecule has 12 nitrogen and oxygen atoms in total. The van der Waals surface area contributed by atoms with E-state index in [9.17, 15) is 29.9 Å². The van der Waals surface area contributed by atoms with Gasteiger partial charge in [-0.3, -0.25) is 4.79 Å². The van der Waals surface area contributed by atoms with Crippen molar-refractivity contribution in [3.8, 4) is 0 Å². The molecule has 3 heterocycles. The van der Waals surface area contributed by atoms with Crippen LogP contribution >= 0.6 is 11.6 Å². The van der Waals surface area contributed by atoms with E-state index >= 15 is 4.39 Å². The number of carbonyl (C=O) groups is 1. The number of carboxylic acid groups (broad SMARTS) is 1. The maximum absolute atomic E-state index is 15.3. The fourth-order valence-electron chi connectivity index (χ4n) is 4.80. The van der Waals surface area contributed by atoms with Crippen LogP contribution in [0.25, 0.3) is 10.9 Å². The smallest absolute Gasteiger partial charge is 0.381 e. The lowest BCUT2D eigenvalue weighted by atomic mass is 10.1. The number of hydrogen-bond acceptors (Lipinski definition) is 8. The minimum atomic E-state index is -1.37. The molecule has 0 radical (unpaired) electrons. The Balaban J connectivity index is 1.32. The molecule has 2 unspecified atom stereocenters. The first-order valence-electron chi connectivity index (χ1n) is 11.8. The summed E-state index contributed by atoms with van der Waals surface area (Å²) in [4.78, 5) is 39.9. The summed E-state index contributed by atoms with van der Waals surface area (Å²) in [6, 6.07) is 0.986. The third kappa shape index (κ3) is 4.89. The van der Waals surface area contributed by atoms with E-state index in [0.717, 1.165) is 18.9 Å². The number of rotatable bonds is 9. The van der Waals surface area contributed by atoms with Gasteiger partial charge in [0.25, 0.3) is 0 Å². The number of hydrogen-bond donors (Lipinski definition) is 3. The predicted molar refractivity (Wildman–Crippen MR) is 132 cm³/mol. The molecule has 2 atom stereocenters. The summed E-state index contributed by atoms with van der Waals surface area (Å²) in [5.41, 5.74) is -0.708. The fraction of sp³-hybridized carbons (Fsp3) is 0.435. The molecule has 0 bridgehead atoms. The van der Waals surface area contributed by atoms with Crippen LogP contribution in [0.4, 0.5) is 15.9 Å². The van der Waals surface area contributed by atoms with Gasteiger partial charge in [-0.25, -0.2) is 9.18 Å². The van der Waals surface area contributed by atoms with E-state index in [2.05, 4.69) is 10.3 Å². The summed E-state index contributed by atoms with van der Waals surface area (Å²) >= 11 is 6.69. The van der Waals surface area contributed by atoms with Crippen LogP contribution < -0.4 is 15.6 Å². The number of aliphatic hydroxyl groups is 1. The Hall–Kier alpha value is -3.55. The third-order valence-electron chi connectivity index (χ3n) is 6.73. The SMILES string of the molecule is O=C(O)c1cn(C2CC2)c2c(Cl)c(N3CCC(NCC(O)Cn4cnc([N+](=O)[O-])c4)C3)c(F)cc2c1=O. The zero-order valence-corrected chi connectivity index (χ0v) is 20.3. The van der Waals surface area contributed by atoms with Gasteiger partial charge in [-0.1, -0.05) is 11.6 Å². The van der Waals surface area contributed by atoms with Gasteiger partial charge in [0.2, 0.25) is 11.8 Å². The van der Waals surface area contributed by atoms with E-state index in [4.69, 9.17) is 11.6 Å². The van der Waals surface area contributed by atoms with Gasteiger partial charge in [-0.05, 0) is 35.2 Å². The van der Waals surface area contributed by atoms with Crippen molar-refractivity contribution < 1.29 is 24.3 Å². The van der Waals surface area contributed by atoms with Gasteiger partial charge in [-0.15, -0.1) is 0 Å². The number of fused-ring (bicyclic) bond motifs is 1. The van der Waals surface area contributed by atoms with Gasteiger partial charge in [0.1, 0.15) is 17.6 Å². The number of aromatic nitrogens is 3. The molecular weight excluding hydrogens is 511 g/mol. The van der Waals surface area contributed by atoms with Crippen LogP contribution in [0.15, 0.2) is 29.6 Å². The Kier molecular flexibility index (Phi) is 6.60. The number of nitro groups is 1. The highest BCUT2D eigenvalue weighted by atomic mass is 35.5. The number of benzene rings is 1. The molecule has 1 aromatic carbocycles. The first kappa shape index (κ1) is 25.1. The molecule has 37 heavy (non-hydrogen) atoms. The molecule has 1 aliphatic heterocycles. The van der Waals surface area contributed by atoms with E-state index < -0.39 is 33.8 Å². The zero-order valence-electron chi connectivity index (χ0n) is 19.5. The number of anilines is 1. The second-order valence-corrected chi connectivity index (χ2v) is 9.79. The Morgan fingerprint density at radius 3 is 2.76 bits per heavy atom. The molecule has 3 N–H and O–H groups in total. The fourth-order valence-corrected chi connectivity index (χ4v) is 5.21. The average molecular weight is 535 g/mol.